The predicted molar refractivity (Wildman–Crippen MR) is 75.5 cm³/mol. The summed E-state index contributed by atoms with van der Waals surface area (Å²) in [5.74, 6) is -2.20. The monoisotopic (exact) mass is 289 g/mol. The molecule has 1 heterocycles. The highest BCUT2D eigenvalue weighted by Gasteiger charge is 2.16. The van der Waals surface area contributed by atoms with Crippen LogP contribution in [0.15, 0.2) is 36.5 Å². The number of benzene rings is 2. The van der Waals surface area contributed by atoms with Crippen molar-refractivity contribution in [1.82, 2.24) is 4.98 Å². The second-order valence-electron chi connectivity index (χ2n) is 4.53. The molecule has 0 aliphatic rings. The van der Waals surface area contributed by atoms with Crippen LogP contribution in [0.2, 0.25) is 0 Å². The summed E-state index contributed by atoms with van der Waals surface area (Å²) in [5.41, 5.74) is 11.0. The molecule has 2 aromatic carbocycles. The molecule has 21 heavy (non-hydrogen) atoms. The number of rotatable bonds is 1. The molecule has 0 spiro atoms. The van der Waals surface area contributed by atoms with Crippen molar-refractivity contribution in [3.63, 3.8) is 0 Å². The van der Waals surface area contributed by atoms with Gasteiger partial charge in [-0.2, -0.15) is 0 Å². The molecular formula is C15H10F3N3. The lowest BCUT2D eigenvalue weighted by Crippen LogP contribution is -2.05. The van der Waals surface area contributed by atoms with E-state index in [1.165, 1.54) is 12.1 Å². The Morgan fingerprint density at radius 3 is 2.52 bits per heavy atom. The largest absolute Gasteiger partial charge is 0.403 e. The van der Waals surface area contributed by atoms with Crippen LogP contribution in [0, 0.1) is 17.5 Å². The van der Waals surface area contributed by atoms with Crippen molar-refractivity contribution in [1.29, 1.82) is 0 Å². The minimum Gasteiger partial charge on any atom is -0.403 e. The average Bonchev–Trinajstić information content (AvgIpc) is 2.46. The molecule has 3 rings (SSSR count). The third-order valence-electron chi connectivity index (χ3n) is 3.25. The molecule has 3 aromatic rings. The minimum atomic E-state index is -0.845. The fourth-order valence-corrected chi connectivity index (χ4v) is 2.33. The number of hydrogen-bond acceptors (Lipinski definition) is 3. The molecule has 0 radical (unpaired) electrons. The molecule has 0 bridgehead atoms. The van der Waals surface area contributed by atoms with Crippen LogP contribution >= 0.6 is 0 Å². The summed E-state index contributed by atoms with van der Waals surface area (Å²) >= 11 is 0. The Hall–Kier alpha value is -2.76. The lowest BCUT2D eigenvalue weighted by atomic mass is 10.0. The van der Waals surface area contributed by atoms with Crippen LogP contribution in [0.25, 0.3) is 27.4 Å². The topological polar surface area (TPSA) is 64.9 Å². The van der Waals surface area contributed by atoms with Crippen molar-refractivity contribution in [3.8, 4) is 0 Å². The van der Waals surface area contributed by atoms with Crippen molar-refractivity contribution in [2.24, 2.45) is 11.5 Å². The first kappa shape index (κ1) is 13.2. The standard InChI is InChI=1S/C15H10F3N3/c16-7-4-9-8-2-1-3-10(17)13(8)15(12(20)6-19)21-14(9)11(18)5-7/h1-6H,19-20H2. The van der Waals surface area contributed by atoms with E-state index in [-0.39, 0.29) is 27.7 Å². The number of pyridine rings is 1. The zero-order valence-corrected chi connectivity index (χ0v) is 10.7. The number of aromatic nitrogens is 1. The Morgan fingerprint density at radius 1 is 1.05 bits per heavy atom. The van der Waals surface area contributed by atoms with E-state index in [1.54, 1.807) is 6.07 Å². The summed E-state index contributed by atoms with van der Waals surface area (Å²) in [6, 6.07) is 6.05. The van der Waals surface area contributed by atoms with E-state index in [4.69, 9.17) is 11.5 Å². The van der Waals surface area contributed by atoms with Gasteiger partial charge in [-0.05, 0) is 17.5 Å². The molecule has 0 amide bonds. The van der Waals surface area contributed by atoms with E-state index in [0.29, 0.717) is 11.5 Å². The fourth-order valence-electron chi connectivity index (χ4n) is 2.33. The van der Waals surface area contributed by atoms with Gasteiger partial charge >= 0.3 is 0 Å². The van der Waals surface area contributed by atoms with Crippen molar-refractivity contribution < 1.29 is 13.2 Å². The zero-order valence-electron chi connectivity index (χ0n) is 10.7. The van der Waals surface area contributed by atoms with Crippen molar-refractivity contribution in [2.45, 2.75) is 0 Å². The van der Waals surface area contributed by atoms with Crippen molar-refractivity contribution in [3.05, 3.63) is 59.7 Å². The first-order valence-electron chi connectivity index (χ1n) is 6.07. The van der Waals surface area contributed by atoms with E-state index in [2.05, 4.69) is 4.98 Å². The van der Waals surface area contributed by atoms with E-state index in [9.17, 15) is 13.2 Å². The van der Waals surface area contributed by atoms with Crippen molar-refractivity contribution in [2.75, 3.05) is 0 Å². The zero-order chi connectivity index (χ0) is 15.1. The van der Waals surface area contributed by atoms with Gasteiger partial charge < -0.3 is 11.5 Å². The number of halogens is 3. The third kappa shape index (κ3) is 1.96. The van der Waals surface area contributed by atoms with Gasteiger partial charge in [0.1, 0.15) is 17.2 Å². The smallest absolute Gasteiger partial charge is 0.152 e. The Labute approximate surface area is 117 Å². The number of nitrogens with two attached hydrogens (primary N) is 2. The van der Waals surface area contributed by atoms with Gasteiger partial charge in [-0.3, -0.25) is 0 Å². The fraction of sp³-hybridized carbons (Fsp3) is 0. The number of hydrogen-bond donors (Lipinski definition) is 2. The van der Waals surface area contributed by atoms with Gasteiger partial charge in [0.25, 0.3) is 0 Å². The SMILES string of the molecule is NC=C(N)c1nc2c(F)cc(F)cc2c2cccc(F)c12. The van der Waals surface area contributed by atoms with Gasteiger partial charge in [0.15, 0.2) is 5.82 Å². The summed E-state index contributed by atoms with van der Waals surface area (Å²) in [7, 11) is 0. The second-order valence-corrected chi connectivity index (χ2v) is 4.53. The molecule has 106 valence electrons. The summed E-state index contributed by atoms with van der Waals surface area (Å²) in [6.45, 7) is 0. The lowest BCUT2D eigenvalue weighted by molar-refractivity contribution is 0.590. The first-order valence-corrected chi connectivity index (χ1v) is 6.07. The van der Waals surface area contributed by atoms with E-state index in [1.807, 2.05) is 0 Å². The lowest BCUT2D eigenvalue weighted by Gasteiger charge is -2.11. The predicted octanol–water partition coefficient (Wildman–Crippen LogP) is 3.02. The Kier molecular flexibility index (Phi) is 2.94. The molecule has 0 aliphatic carbocycles. The van der Waals surface area contributed by atoms with Crippen LogP contribution in [0.5, 0.6) is 0 Å². The van der Waals surface area contributed by atoms with Gasteiger partial charge in [-0.25, -0.2) is 18.2 Å². The molecule has 0 atom stereocenters. The average molecular weight is 289 g/mol. The molecule has 0 aliphatic heterocycles. The van der Waals surface area contributed by atoms with Crippen LogP contribution in [0.3, 0.4) is 0 Å². The molecule has 0 saturated heterocycles. The maximum absolute atomic E-state index is 14.1. The maximum Gasteiger partial charge on any atom is 0.152 e. The quantitative estimate of drug-likeness (QED) is 0.677. The first-order chi connectivity index (χ1) is 10.0. The van der Waals surface area contributed by atoms with Crippen LogP contribution in [-0.4, -0.2) is 4.98 Å². The Balaban J connectivity index is 2.63. The summed E-state index contributed by atoms with van der Waals surface area (Å²) < 4.78 is 41.5. The summed E-state index contributed by atoms with van der Waals surface area (Å²) in [6.07, 6.45) is 1.06. The Morgan fingerprint density at radius 2 is 1.81 bits per heavy atom. The van der Waals surface area contributed by atoms with Crippen LogP contribution in [0.4, 0.5) is 13.2 Å². The van der Waals surface area contributed by atoms with E-state index >= 15 is 0 Å². The number of nitrogens with zero attached hydrogens (tertiary/aromatic N) is 1. The maximum atomic E-state index is 14.1. The molecule has 0 saturated carbocycles. The van der Waals surface area contributed by atoms with Gasteiger partial charge in [0.2, 0.25) is 0 Å². The summed E-state index contributed by atoms with van der Waals surface area (Å²) in [4.78, 5) is 4.02. The molecule has 3 nitrogen and oxygen atoms in total. The molecular weight excluding hydrogens is 279 g/mol. The molecule has 0 fully saturated rings. The highest BCUT2D eigenvalue weighted by Crippen LogP contribution is 2.32. The normalized spacial score (nSPS) is 12.2. The Bertz CT molecular complexity index is 904. The van der Waals surface area contributed by atoms with E-state index in [0.717, 1.165) is 12.3 Å². The molecule has 6 heteroatoms. The molecule has 1 aromatic heterocycles. The highest BCUT2D eigenvalue weighted by molar-refractivity contribution is 6.09. The van der Waals surface area contributed by atoms with Gasteiger partial charge in [-0.15, -0.1) is 0 Å². The van der Waals surface area contributed by atoms with Crippen molar-refractivity contribution >= 4 is 27.4 Å². The molecule has 4 N–H and O–H groups in total. The molecule has 0 unspecified atom stereocenters. The van der Waals surface area contributed by atoms with Gasteiger partial charge in [0, 0.05) is 23.0 Å². The summed E-state index contributed by atoms with van der Waals surface area (Å²) in [5, 5.41) is 0.572. The number of fused-ring (bicyclic) bond motifs is 3. The highest BCUT2D eigenvalue weighted by atomic mass is 19.1. The van der Waals surface area contributed by atoms with Crippen LogP contribution < -0.4 is 11.5 Å². The van der Waals surface area contributed by atoms with E-state index < -0.39 is 17.5 Å². The second kappa shape index (κ2) is 4.66. The third-order valence-corrected chi connectivity index (χ3v) is 3.25. The van der Waals surface area contributed by atoms with Crippen LogP contribution in [-0.2, 0) is 0 Å². The van der Waals surface area contributed by atoms with Gasteiger partial charge in [0.05, 0.1) is 11.4 Å². The van der Waals surface area contributed by atoms with Crippen LogP contribution in [0.1, 0.15) is 5.69 Å². The van der Waals surface area contributed by atoms with Gasteiger partial charge in [-0.1, -0.05) is 12.1 Å². The minimum absolute atomic E-state index is 0.00993.